The quantitative estimate of drug-likeness (QED) is 0.868. The average Bonchev–Trinajstić information content (AvgIpc) is 2.52. The molecule has 3 atom stereocenters. The van der Waals surface area contributed by atoms with Crippen LogP contribution in [0.1, 0.15) is 62.2 Å². The molecule has 0 aliphatic heterocycles. The molecule has 1 N–H and O–H groups in total. The van der Waals surface area contributed by atoms with Gasteiger partial charge < -0.3 is 5.32 Å². The van der Waals surface area contributed by atoms with Gasteiger partial charge in [0.1, 0.15) is 5.82 Å². The van der Waals surface area contributed by atoms with E-state index in [4.69, 9.17) is 0 Å². The largest absolute Gasteiger partial charge is 0.351 e. The van der Waals surface area contributed by atoms with Gasteiger partial charge in [0.25, 0.3) is 5.91 Å². The van der Waals surface area contributed by atoms with Crippen molar-refractivity contribution in [1.29, 1.82) is 0 Å². The highest BCUT2D eigenvalue weighted by Gasteiger charge is 2.42. The van der Waals surface area contributed by atoms with Crippen molar-refractivity contribution in [2.45, 2.75) is 51.9 Å². The maximum Gasteiger partial charge on any atom is 0.254 e. The molecule has 2 bridgehead atoms. The Morgan fingerprint density at radius 3 is 2.95 bits per heavy atom. The molecule has 2 fully saturated rings. The molecule has 0 radical (unpaired) electrons. The van der Waals surface area contributed by atoms with E-state index in [0.717, 1.165) is 11.8 Å². The van der Waals surface area contributed by atoms with Gasteiger partial charge in [0.2, 0.25) is 0 Å². The number of benzene rings is 1. The lowest BCUT2D eigenvalue weighted by Crippen LogP contribution is -2.45. The lowest BCUT2D eigenvalue weighted by Gasteiger charge is -2.48. The first-order valence-corrected chi connectivity index (χ1v) is 8.64. The zero-order valence-electron chi connectivity index (χ0n) is 13.4. The summed E-state index contributed by atoms with van der Waals surface area (Å²) in [5.74, 6) is 0.921. The normalized spacial score (nSPS) is 30.8. The van der Waals surface area contributed by atoms with Crippen molar-refractivity contribution >= 4 is 5.91 Å². The molecule has 120 valence electrons. The van der Waals surface area contributed by atoms with Crippen LogP contribution in [0, 0.1) is 23.1 Å². The summed E-state index contributed by atoms with van der Waals surface area (Å²) in [6.45, 7) is 2.98. The van der Waals surface area contributed by atoms with E-state index >= 15 is 0 Å². The standard InChI is InChI=1S/C19H26FNO/c1-2-14-10-15-6-5-9-19(11-14,12-15)13-21-18(22)16-7-3-4-8-17(16)20/h3-4,7-8,14-15H,2,5-6,9-13H2,1H3,(H,21,22). The molecule has 0 spiro atoms. The van der Waals surface area contributed by atoms with E-state index < -0.39 is 5.82 Å². The summed E-state index contributed by atoms with van der Waals surface area (Å²) >= 11 is 0. The van der Waals surface area contributed by atoms with Gasteiger partial charge in [-0.3, -0.25) is 4.79 Å². The average molecular weight is 303 g/mol. The van der Waals surface area contributed by atoms with Crippen molar-refractivity contribution in [3.05, 3.63) is 35.6 Å². The fourth-order valence-corrected chi connectivity index (χ4v) is 4.69. The SMILES string of the molecule is CCC1CC2CCCC(CNC(=O)c3ccccc3F)(C1)C2. The van der Waals surface area contributed by atoms with Crippen LogP contribution < -0.4 is 5.32 Å². The molecule has 2 saturated carbocycles. The molecule has 1 aromatic rings. The minimum absolute atomic E-state index is 0.161. The van der Waals surface area contributed by atoms with Crippen molar-refractivity contribution < 1.29 is 9.18 Å². The van der Waals surface area contributed by atoms with Gasteiger partial charge in [0.15, 0.2) is 0 Å². The van der Waals surface area contributed by atoms with Gasteiger partial charge in [0.05, 0.1) is 5.56 Å². The van der Waals surface area contributed by atoms with Crippen LogP contribution in [0.25, 0.3) is 0 Å². The molecule has 2 nitrogen and oxygen atoms in total. The monoisotopic (exact) mass is 303 g/mol. The highest BCUT2D eigenvalue weighted by molar-refractivity contribution is 5.94. The number of fused-ring (bicyclic) bond motifs is 2. The molecule has 0 aromatic heterocycles. The number of carbonyl (C=O) groups excluding carboxylic acids is 1. The molecular formula is C19H26FNO. The van der Waals surface area contributed by atoms with Crippen molar-refractivity contribution in [3.8, 4) is 0 Å². The predicted molar refractivity (Wildman–Crippen MR) is 86.1 cm³/mol. The first-order valence-electron chi connectivity index (χ1n) is 8.64. The van der Waals surface area contributed by atoms with Crippen molar-refractivity contribution in [1.82, 2.24) is 5.32 Å². The fourth-order valence-electron chi connectivity index (χ4n) is 4.69. The highest BCUT2D eigenvalue weighted by Crippen LogP contribution is 2.51. The third kappa shape index (κ3) is 3.18. The number of carbonyl (C=O) groups is 1. The van der Waals surface area contributed by atoms with E-state index in [1.807, 2.05) is 0 Å². The van der Waals surface area contributed by atoms with Gasteiger partial charge in [-0.1, -0.05) is 38.3 Å². The smallest absolute Gasteiger partial charge is 0.254 e. The van der Waals surface area contributed by atoms with Crippen LogP contribution in [-0.2, 0) is 0 Å². The maximum absolute atomic E-state index is 13.7. The van der Waals surface area contributed by atoms with Gasteiger partial charge in [-0.05, 0) is 55.1 Å². The van der Waals surface area contributed by atoms with Crippen molar-refractivity contribution in [2.24, 2.45) is 17.3 Å². The van der Waals surface area contributed by atoms with Crippen molar-refractivity contribution in [3.63, 3.8) is 0 Å². The molecule has 0 saturated heterocycles. The zero-order chi connectivity index (χ0) is 15.6. The Morgan fingerprint density at radius 2 is 2.18 bits per heavy atom. The topological polar surface area (TPSA) is 29.1 Å². The maximum atomic E-state index is 13.7. The van der Waals surface area contributed by atoms with Crippen LogP contribution >= 0.6 is 0 Å². The zero-order valence-corrected chi connectivity index (χ0v) is 13.4. The van der Waals surface area contributed by atoms with E-state index in [9.17, 15) is 9.18 Å². The third-order valence-corrected chi connectivity index (χ3v) is 5.75. The van der Waals surface area contributed by atoms with Crippen LogP contribution in [-0.4, -0.2) is 12.5 Å². The van der Waals surface area contributed by atoms with Crippen LogP contribution in [0.15, 0.2) is 24.3 Å². The molecule has 1 aromatic carbocycles. The van der Waals surface area contributed by atoms with Gasteiger partial charge >= 0.3 is 0 Å². The molecule has 3 heteroatoms. The molecular weight excluding hydrogens is 277 g/mol. The highest BCUT2D eigenvalue weighted by atomic mass is 19.1. The molecule has 2 aliphatic rings. The Labute approximate surface area is 132 Å². The number of rotatable bonds is 4. The van der Waals surface area contributed by atoms with Gasteiger partial charge in [0, 0.05) is 6.54 Å². The number of hydrogen-bond donors (Lipinski definition) is 1. The Morgan fingerprint density at radius 1 is 1.36 bits per heavy atom. The van der Waals surface area contributed by atoms with E-state index in [2.05, 4.69) is 12.2 Å². The first-order chi connectivity index (χ1) is 10.6. The lowest BCUT2D eigenvalue weighted by atomic mass is 9.58. The number of halogens is 1. The summed E-state index contributed by atoms with van der Waals surface area (Å²) < 4.78 is 13.7. The van der Waals surface area contributed by atoms with Gasteiger partial charge in [-0.2, -0.15) is 0 Å². The lowest BCUT2D eigenvalue weighted by molar-refractivity contribution is 0.0369. The minimum Gasteiger partial charge on any atom is -0.351 e. The summed E-state index contributed by atoms with van der Waals surface area (Å²) in [7, 11) is 0. The van der Waals surface area contributed by atoms with Gasteiger partial charge in [-0.15, -0.1) is 0 Å². The first kappa shape index (κ1) is 15.5. The molecule has 2 aliphatic carbocycles. The summed E-state index contributed by atoms with van der Waals surface area (Å²) in [5.41, 5.74) is 0.414. The predicted octanol–water partition coefficient (Wildman–Crippen LogP) is 4.55. The second kappa shape index (κ2) is 6.39. The Hall–Kier alpha value is -1.38. The van der Waals surface area contributed by atoms with E-state index in [1.54, 1.807) is 18.2 Å². The van der Waals surface area contributed by atoms with Crippen molar-refractivity contribution in [2.75, 3.05) is 6.54 Å². The fraction of sp³-hybridized carbons (Fsp3) is 0.632. The summed E-state index contributed by atoms with van der Waals surface area (Å²) in [6, 6.07) is 6.23. The van der Waals surface area contributed by atoms with E-state index in [0.29, 0.717) is 6.54 Å². The Kier molecular flexibility index (Phi) is 4.51. The number of amides is 1. The van der Waals surface area contributed by atoms with Crippen LogP contribution in [0.4, 0.5) is 4.39 Å². The summed E-state index contributed by atoms with van der Waals surface area (Å²) in [6.07, 6.45) is 8.88. The van der Waals surface area contributed by atoms with Gasteiger partial charge in [-0.25, -0.2) is 4.39 Å². The molecule has 3 rings (SSSR count). The molecule has 3 unspecified atom stereocenters. The second-order valence-corrected chi connectivity index (χ2v) is 7.34. The number of nitrogens with one attached hydrogen (secondary N) is 1. The molecule has 22 heavy (non-hydrogen) atoms. The van der Waals surface area contributed by atoms with Crippen LogP contribution in [0.2, 0.25) is 0 Å². The second-order valence-electron chi connectivity index (χ2n) is 7.34. The Bertz CT molecular complexity index is 544. The molecule has 0 heterocycles. The Balaban J connectivity index is 1.67. The van der Waals surface area contributed by atoms with Crippen LogP contribution in [0.5, 0.6) is 0 Å². The third-order valence-electron chi connectivity index (χ3n) is 5.75. The van der Waals surface area contributed by atoms with E-state index in [-0.39, 0.29) is 16.9 Å². The minimum atomic E-state index is -0.436. The van der Waals surface area contributed by atoms with E-state index in [1.165, 1.54) is 51.0 Å². The van der Waals surface area contributed by atoms with Crippen LogP contribution in [0.3, 0.4) is 0 Å². The summed E-state index contributed by atoms with van der Waals surface area (Å²) in [4.78, 5) is 12.3. The summed E-state index contributed by atoms with van der Waals surface area (Å²) in [5, 5.41) is 3.02. The number of hydrogen-bond acceptors (Lipinski definition) is 1. The molecule has 1 amide bonds.